The lowest BCUT2D eigenvalue weighted by atomic mass is 10.1. The van der Waals surface area contributed by atoms with Crippen molar-refractivity contribution in [3.63, 3.8) is 0 Å². The SMILES string of the molecule is CC(NCCNC(=O)OC(C)(C)C)c1ccc(C#N)cc1. The lowest BCUT2D eigenvalue weighted by Crippen LogP contribution is -2.36. The van der Waals surface area contributed by atoms with Gasteiger partial charge in [0.1, 0.15) is 5.60 Å². The number of hydrogen-bond acceptors (Lipinski definition) is 4. The third-order valence-corrected chi connectivity index (χ3v) is 2.78. The van der Waals surface area contributed by atoms with Crippen molar-refractivity contribution in [2.45, 2.75) is 39.3 Å². The highest BCUT2D eigenvalue weighted by molar-refractivity contribution is 5.67. The van der Waals surface area contributed by atoms with Gasteiger partial charge in [-0.3, -0.25) is 0 Å². The zero-order chi connectivity index (χ0) is 15.9. The summed E-state index contributed by atoms with van der Waals surface area (Å²) in [5, 5.41) is 14.8. The molecule has 0 heterocycles. The molecule has 0 bridgehead atoms. The molecule has 0 radical (unpaired) electrons. The fourth-order valence-electron chi connectivity index (χ4n) is 1.73. The van der Waals surface area contributed by atoms with E-state index < -0.39 is 11.7 Å². The van der Waals surface area contributed by atoms with Gasteiger partial charge in [0.15, 0.2) is 0 Å². The van der Waals surface area contributed by atoms with E-state index in [1.165, 1.54) is 0 Å². The van der Waals surface area contributed by atoms with Crippen LogP contribution in [0.25, 0.3) is 0 Å². The first-order valence-corrected chi connectivity index (χ1v) is 7.02. The normalized spacial score (nSPS) is 12.3. The predicted octanol–water partition coefficient (Wildman–Crippen LogP) is 2.73. The number of nitrogens with one attached hydrogen (secondary N) is 2. The first-order chi connectivity index (χ1) is 9.81. The highest BCUT2D eigenvalue weighted by atomic mass is 16.6. The van der Waals surface area contributed by atoms with Crippen LogP contribution >= 0.6 is 0 Å². The molecule has 1 unspecified atom stereocenters. The lowest BCUT2D eigenvalue weighted by molar-refractivity contribution is 0.0528. The van der Waals surface area contributed by atoms with Gasteiger partial charge in [-0.1, -0.05) is 12.1 Å². The number of carbonyl (C=O) groups is 1. The second kappa shape index (κ2) is 7.65. The Bertz CT molecular complexity index is 498. The van der Waals surface area contributed by atoms with Gasteiger partial charge in [0.25, 0.3) is 0 Å². The van der Waals surface area contributed by atoms with E-state index in [-0.39, 0.29) is 6.04 Å². The average molecular weight is 289 g/mol. The zero-order valence-electron chi connectivity index (χ0n) is 13.1. The maximum absolute atomic E-state index is 11.5. The second-order valence-corrected chi connectivity index (χ2v) is 5.84. The number of benzene rings is 1. The Labute approximate surface area is 126 Å². The average Bonchev–Trinajstić information content (AvgIpc) is 2.41. The van der Waals surface area contributed by atoms with Crippen molar-refractivity contribution >= 4 is 6.09 Å². The van der Waals surface area contributed by atoms with Gasteiger partial charge in [0, 0.05) is 19.1 Å². The summed E-state index contributed by atoms with van der Waals surface area (Å²) < 4.78 is 5.15. The molecule has 0 fully saturated rings. The molecule has 21 heavy (non-hydrogen) atoms. The Balaban J connectivity index is 2.29. The minimum atomic E-state index is -0.479. The van der Waals surface area contributed by atoms with Gasteiger partial charge >= 0.3 is 6.09 Å². The standard InChI is InChI=1S/C16H23N3O2/c1-12(14-7-5-13(11-17)6-8-14)18-9-10-19-15(20)21-16(2,3)4/h5-8,12,18H,9-10H2,1-4H3,(H,19,20). The van der Waals surface area contributed by atoms with Crippen molar-refractivity contribution in [3.8, 4) is 6.07 Å². The van der Waals surface area contributed by atoms with Crippen molar-refractivity contribution in [2.24, 2.45) is 0 Å². The first-order valence-electron chi connectivity index (χ1n) is 7.02. The maximum atomic E-state index is 11.5. The van der Waals surface area contributed by atoms with Crippen LogP contribution in [0.3, 0.4) is 0 Å². The van der Waals surface area contributed by atoms with Gasteiger partial charge in [-0.15, -0.1) is 0 Å². The number of carbonyl (C=O) groups excluding carboxylic acids is 1. The van der Waals surface area contributed by atoms with E-state index >= 15 is 0 Å². The second-order valence-electron chi connectivity index (χ2n) is 5.84. The first kappa shape index (κ1) is 17.0. The van der Waals surface area contributed by atoms with Gasteiger partial charge < -0.3 is 15.4 Å². The molecule has 0 aliphatic carbocycles. The van der Waals surface area contributed by atoms with E-state index in [9.17, 15) is 4.79 Å². The fourth-order valence-corrected chi connectivity index (χ4v) is 1.73. The van der Waals surface area contributed by atoms with Crippen LogP contribution in [0.2, 0.25) is 0 Å². The molecule has 1 atom stereocenters. The minimum absolute atomic E-state index is 0.151. The molecular weight excluding hydrogens is 266 g/mol. The van der Waals surface area contributed by atoms with Gasteiger partial charge in [0.2, 0.25) is 0 Å². The Hall–Kier alpha value is -2.06. The van der Waals surface area contributed by atoms with Crippen LogP contribution in [-0.2, 0) is 4.74 Å². The molecule has 2 N–H and O–H groups in total. The molecule has 1 rings (SSSR count). The predicted molar refractivity (Wildman–Crippen MR) is 81.8 cm³/mol. The molecular formula is C16H23N3O2. The summed E-state index contributed by atoms with van der Waals surface area (Å²) in [6, 6.07) is 9.70. The van der Waals surface area contributed by atoms with Crippen molar-refractivity contribution in [1.29, 1.82) is 5.26 Å². The van der Waals surface area contributed by atoms with Gasteiger partial charge in [-0.2, -0.15) is 5.26 Å². The summed E-state index contributed by atoms with van der Waals surface area (Å²) in [5.41, 5.74) is 1.27. The van der Waals surface area contributed by atoms with Crippen molar-refractivity contribution in [2.75, 3.05) is 13.1 Å². The van der Waals surface area contributed by atoms with Crippen LogP contribution in [0.4, 0.5) is 4.79 Å². The monoisotopic (exact) mass is 289 g/mol. The van der Waals surface area contributed by atoms with E-state index in [1.54, 1.807) is 12.1 Å². The summed E-state index contributed by atoms with van der Waals surface area (Å²) in [4.78, 5) is 11.5. The fraction of sp³-hybridized carbons (Fsp3) is 0.500. The summed E-state index contributed by atoms with van der Waals surface area (Å²) in [7, 11) is 0. The number of nitriles is 1. The molecule has 0 saturated heterocycles. The molecule has 1 amide bonds. The maximum Gasteiger partial charge on any atom is 0.407 e. The van der Waals surface area contributed by atoms with Gasteiger partial charge in [0.05, 0.1) is 11.6 Å². The number of hydrogen-bond donors (Lipinski definition) is 2. The smallest absolute Gasteiger partial charge is 0.407 e. The zero-order valence-corrected chi connectivity index (χ0v) is 13.1. The molecule has 114 valence electrons. The molecule has 1 aromatic carbocycles. The van der Waals surface area contributed by atoms with E-state index in [2.05, 4.69) is 16.7 Å². The Morgan fingerprint density at radius 2 is 1.90 bits per heavy atom. The number of nitrogens with zero attached hydrogens (tertiary/aromatic N) is 1. The van der Waals surface area contributed by atoms with Crippen molar-refractivity contribution < 1.29 is 9.53 Å². The van der Waals surface area contributed by atoms with Crippen LogP contribution in [0.15, 0.2) is 24.3 Å². The van der Waals surface area contributed by atoms with E-state index in [0.29, 0.717) is 18.7 Å². The third-order valence-electron chi connectivity index (χ3n) is 2.78. The molecule has 1 aromatic rings. The molecule has 0 spiro atoms. The summed E-state index contributed by atoms with van der Waals surface area (Å²) >= 11 is 0. The molecule has 0 aliphatic heterocycles. The Morgan fingerprint density at radius 1 is 1.29 bits per heavy atom. The number of ether oxygens (including phenoxy) is 1. The highest BCUT2D eigenvalue weighted by Gasteiger charge is 2.15. The molecule has 0 saturated carbocycles. The van der Waals surface area contributed by atoms with Gasteiger partial charge in [-0.25, -0.2) is 4.79 Å². The highest BCUT2D eigenvalue weighted by Crippen LogP contribution is 2.12. The summed E-state index contributed by atoms with van der Waals surface area (Å²) in [6.07, 6.45) is -0.407. The third kappa shape index (κ3) is 6.77. The molecule has 0 aromatic heterocycles. The van der Waals surface area contributed by atoms with E-state index in [4.69, 9.17) is 10.00 Å². The van der Waals surface area contributed by atoms with Crippen molar-refractivity contribution in [1.82, 2.24) is 10.6 Å². The Morgan fingerprint density at radius 3 is 2.43 bits per heavy atom. The van der Waals surface area contributed by atoms with Gasteiger partial charge in [-0.05, 0) is 45.4 Å². The Kier molecular flexibility index (Phi) is 6.19. The summed E-state index contributed by atoms with van der Waals surface area (Å²) in [5.74, 6) is 0. The van der Waals surface area contributed by atoms with Crippen molar-refractivity contribution in [3.05, 3.63) is 35.4 Å². The number of amides is 1. The lowest BCUT2D eigenvalue weighted by Gasteiger charge is -2.20. The van der Waals surface area contributed by atoms with Crippen LogP contribution in [-0.4, -0.2) is 24.8 Å². The largest absolute Gasteiger partial charge is 0.444 e. The minimum Gasteiger partial charge on any atom is -0.444 e. The molecule has 5 nitrogen and oxygen atoms in total. The number of alkyl carbamates (subject to hydrolysis) is 1. The van der Waals surface area contributed by atoms with E-state index in [1.807, 2.05) is 39.8 Å². The topological polar surface area (TPSA) is 74.2 Å². The van der Waals surface area contributed by atoms with Crippen LogP contribution in [0, 0.1) is 11.3 Å². The van der Waals surface area contributed by atoms with Crippen LogP contribution in [0.5, 0.6) is 0 Å². The summed E-state index contributed by atoms with van der Waals surface area (Å²) in [6.45, 7) is 8.66. The molecule has 5 heteroatoms. The van der Waals surface area contributed by atoms with Crippen LogP contribution in [0.1, 0.15) is 44.9 Å². The quantitative estimate of drug-likeness (QED) is 0.817. The molecule has 0 aliphatic rings. The van der Waals surface area contributed by atoms with Crippen LogP contribution < -0.4 is 10.6 Å². The van der Waals surface area contributed by atoms with E-state index in [0.717, 1.165) is 5.56 Å². The number of rotatable bonds is 5.